The molecule has 0 aromatic heterocycles. The van der Waals surface area contributed by atoms with Crippen LogP contribution in [0.2, 0.25) is 0 Å². The molecule has 1 aliphatic carbocycles. The maximum atomic E-state index is 13.5. The van der Waals surface area contributed by atoms with E-state index in [2.05, 4.69) is 10.6 Å². The van der Waals surface area contributed by atoms with Crippen molar-refractivity contribution in [3.05, 3.63) is 94.5 Å². The molecule has 0 heterocycles. The van der Waals surface area contributed by atoms with Gasteiger partial charge in [-0.25, -0.2) is 4.79 Å². The number of nitriles is 1. The van der Waals surface area contributed by atoms with Crippen molar-refractivity contribution in [1.29, 1.82) is 5.26 Å². The van der Waals surface area contributed by atoms with Crippen molar-refractivity contribution < 1.29 is 32.7 Å². The molecule has 43 heavy (non-hydrogen) atoms. The van der Waals surface area contributed by atoms with E-state index in [1.807, 2.05) is 24.3 Å². The van der Waals surface area contributed by atoms with Gasteiger partial charge in [0.25, 0.3) is 5.91 Å². The van der Waals surface area contributed by atoms with E-state index in [1.165, 1.54) is 41.9 Å². The van der Waals surface area contributed by atoms with Gasteiger partial charge in [0.2, 0.25) is 0 Å². The molecule has 8 nitrogen and oxygen atoms in total. The summed E-state index contributed by atoms with van der Waals surface area (Å²) in [6.45, 7) is 0.0179. The molecule has 0 radical (unpaired) electrons. The molecule has 0 bridgehead atoms. The summed E-state index contributed by atoms with van der Waals surface area (Å²) in [7, 11) is 0. The number of aliphatic carboxylic acids is 1. The first-order chi connectivity index (χ1) is 20.5. The minimum Gasteiger partial charge on any atom is -0.481 e. The topological polar surface area (TPSA) is 123 Å². The lowest BCUT2D eigenvalue weighted by Gasteiger charge is -2.26. The summed E-state index contributed by atoms with van der Waals surface area (Å²) in [6.07, 6.45) is 0.758. The molecule has 0 atom stereocenters. The Balaban J connectivity index is 1.57. The highest BCUT2D eigenvalue weighted by Crippen LogP contribution is 2.35. The number of carbonyl (C=O) groups excluding carboxylic acids is 2. The molecule has 0 unspecified atom stereocenters. The summed E-state index contributed by atoms with van der Waals surface area (Å²) in [5.74, 6) is -1.03. The molecule has 3 aromatic rings. The van der Waals surface area contributed by atoms with Gasteiger partial charge in [-0.3, -0.25) is 14.5 Å². The van der Waals surface area contributed by atoms with E-state index in [4.69, 9.17) is 10.4 Å². The molecule has 0 saturated heterocycles. The molecule has 1 aliphatic rings. The Bertz CT molecular complexity index is 1490. The molecular formula is C32H31F3N4O4. The fourth-order valence-electron chi connectivity index (χ4n) is 5.12. The van der Waals surface area contributed by atoms with Crippen LogP contribution >= 0.6 is 0 Å². The van der Waals surface area contributed by atoms with Crippen molar-refractivity contribution in [2.24, 2.45) is 0 Å². The van der Waals surface area contributed by atoms with E-state index >= 15 is 0 Å². The van der Waals surface area contributed by atoms with Crippen LogP contribution in [-0.4, -0.2) is 29.6 Å². The first kappa shape index (κ1) is 31.1. The van der Waals surface area contributed by atoms with Crippen LogP contribution in [0, 0.1) is 11.3 Å². The summed E-state index contributed by atoms with van der Waals surface area (Å²) in [4.78, 5) is 37.9. The number of amides is 3. The third kappa shape index (κ3) is 8.35. The number of nitrogens with one attached hydrogen (secondary N) is 2. The number of anilines is 2. The highest BCUT2D eigenvalue weighted by Gasteiger charge is 2.34. The third-order valence-electron chi connectivity index (χ3n) is 7.40. The van der Waals surface area contributed by atoms with Crippen LogP contribution in [0.1, 0.15) is 77.1 Å². The van der Waals surface area contributed by atoms with E-state index in [-0.39, 0.29) is 25.2 Å². The van der Waals surface area contributed by atoms with Crippen molar-refractivity contribution >= 4 is 29.3 Å². The second-order valence-electron chi connectivity index (χ2n) is 10.4. The molecule has 3 aromatic carbocycles. The minimum atomic E-state index is -4.78. The van der Waals surface area contributed by atoms with Crippen LogP contribution in [0.4, 0.5) is 29.3 Å². The number of carbonyl (C=O) groups is 3. The van der Waals surface area contributed by atoms with Crippen LogP contribution in [0.3, 0.4) is 0 Å². The van der Waals surface area contributed by atoms with Gasteiger partial charge in [-0.1, -0.05) is 43.5 Å². The molecule has 0 aliphatic heterocycles. The van der Waals surface area contributed by atoms with Crippen molar-refractivity contribution in [1.82, 2.24) is 5.32 Å². The van der Waals surface area contributed by atoms with Gasteiger partial charge in [0.1, 0.15) is 0 Å². The smallest absolute Gasteiger partial charge is 0.417 e. The van der Waals surface area contributed by atoms with Gasteiger partial charge in [-0.2, -0.15) is 18.4 Å². The van der Waals surface area contributed by atoms with E-state index in [0.717, 1.165) is 25.0 Å². The Labute approximate surface area is 247 Å². The molecule has 3 amide bonds. The zero-order valence-corrected chi connectivity index (χ0v) is 23.3. The van der Waals surface area contributed by atoms with Crippen LogP contribution in [0.15, 0.2) is 66.7 Å². The van der Waals surface area contributed by atoms with E-state index < -0.39 is 35.2 Å². The quantitative estimate of drug-likeness (QED) is 0.245. The summed E-state index contributed by atoms with van der Waals surface area (Å²) >= 11 is 0. The Morgan fingerprint density at radius 2 is 1.63 bits per heavy atom. The average molecular weight is 593 g/mol. The second kappa shape index (κ2) is 13.9. The number of nitrogens with zero attached hydrogens (tertiary/aromatic N) is 2. The van der Waals surface area contributed by atoms with Crippen LogP contribution < -0.4 is 15.5 Å². The summed E-state index contributed by atoms with van der Waals surface area (Å²) < 4.78 is 40.6. The molecular weight excluding hydrogens is 561 g/mol. The highest BCUT2D eigenvalue weighted by molar-refractivity contribution is 6.02. The maximum Gasteiger partial charge on any atom is 0.417 e. The number of benzene rings is 3. The number of carboxylic acids is 1. The van der Waals surface area contributed by atoms with Gasteiger partial charge in [-0.15, -0.1) is 0 Å². The van der Waals surface area contributed by atoms with Gasteiger partial charge in [0.05, 0.1) is 30.2 Å². The fourth-order valence-corrected chi connectivity index (χ4v) is 5.12. The molecule has 1 saturated carbocycles. The van der Waals surface area contributed by atoms with E-state index in [9.17, 15) is 27.6 Å². The SMILES string of the molecule is N#Cc1ccc(NC(=O)N(Cc2ccc(C(=O)NCCC(=O)O)cc2)c2ccc(C3CCCCC3)cc2)cc1C(F)(F)F. The van der Waals surface area contributed by atoms with Gasteiger partial charge < -0.3 is 15.7 Å². The molecule has 4 rings (SSSR count). The molecule has 1 fully saturated rings. The Hall–Kier alpha value is -4.85. The third-order valence-corrected chi connectivity index (χ3v) is 7.40. The first-order valence-electron chi connectivity index (χ1n) is 13.9. The van der Waals surface area contributed by atoms with E-state index in [1.54, 1.807) is 24.3 Å². The first-order valence-corrected chi connectivity index (χ1v) is 13.9. The van der Waals surface area contributed by atoms with Gasteiger partial charge in [0, 0.05) is 23.5 Å². The van der Waals surface area contributed by atoms with Crippen molar-refractivity contribution in [3.8, 4) is 6.07 Å². The largest absolute Gasteiger partial charge is 0.481 e. The van der Waals surface area contributed by atoms with Crippen LogP contribution in [0.5, 0.6) is 0 Å². The number of rotatable bonds is 9. The molecule has 0 spiro atoms. The number of carboxylic acid groups (broad SMARTS) is 1. The predicted octanol–water partition coefficient (Wildman–Crippen LogP) is 7.07. The molecule has 224 valence electrons. The molecule has 11 heteroatoms. The zero-order valence-electron chi connectivity index (χ0n) is 23.3. The predicted molar refractivity (Wildman–Crippen MR) is 155 cm³/mol. The second-order valence-corrected chi connectivity index (χ2v) is 10.4. The Kier molecular flexibility index (Phi) is 10.0. The summed E-state index contributed by atoms with van der Waals surface area (Å²) in [6, 6.07) is 17.8. The van der Waals surface area contributed by atoms with Crippen molar-refractivity contribution in [2.75, 3.05) is 16.8 Å². The standard InChI is InChI=1S/C32H31F3N4O4/c33-32(34,35)28-18-26(13-10-25(28)19-36)38-31(43)39(27-14-11-23(12-15-27)22-4-2-1-3-5-22)20-21-6-8-24(9-7-21)30(42)37-17-16-29(40)41/h6-15,18,22H,1-5,16-17,20H2,(H,37,42)(H,38,43)(H,40,41). The minimum absolute atomic E-state index is 0.0217. The Morgan fingerprint density at radius 3 is 2.23 bits per heavy atom. The highest BCUT2D eigenvalue weighted by atomic mass is 19.4. The molecule has 3 N–H and O–H groups in total. The van der Waals surface area contributed by atoms with Crippen LogP contribution in [0.25, 0.3) is 0 Å². The van der Waals surface area contributed by atoms with Crippen LogP contribution in [-0.2, 0) is 17.5 Å². The summed E-state index contributed by atoms with van der Waals surface area (Å²) in [5, 5.41) is 22.9. The van der Waals surface area contributed by atoms with E-state index in [0.29, 0.717) is 22.7 Å². The lowest BCUT2D eigenvalue weighted by atomic mass is 9.84. The Morgan fingerprint density at radius 1 is 0.953 bits per heavy atom. The lowest BCUT2D eigenvalue weighted by molar-refractivity contribution is -0.138. The fraction of sp³-hybridized carbons (Fsp3) is 0.312. The van der Waals surface area contributed by atoms with Gasteiger partial charge in [0.15, 0.2) is 0 Å². The summed E-state index contributed by atoms with van der Waals surface area (Å²) in [5.41, 5.74) is 0.833. The van der Waals surface area contributed by atoms with Gasteiger partial charge in [-0.05, 0) is 72.4 Å². The van der Waals surface area contributed by atoms with Crippen molar-refractivity contribution in [3.63, 3.8) is 0 Å². The van der Waals surface area contributed by atoms with Gasteiger partial charge >= 0.3 is 18.2 Å². The lowest BCUT2D eigenvalue weighted by Crippen LogP contribution is -2.34. The average Bonchev–Trinajstić information content (AvgIpc) is 3.00. The number of hydrogen-bond acceptors (Lipinski definition) is 4. The monoisotopic (exact) mass is 592 g/mol. The zero-order chi connectivity index (χ0) is 31.0. The number of halogens is 3. The number of hydrogen-bond donors (Lipinski definition) is 3. The normalized spacial score (nSPS) is 13.5. The number of alkyl halides is 3. The number of urea groups is 1. The maximum absolute atomic E-state index is 13.5. The van der Waals surface area contributed by atoms with Crippen molar-refractivity contribution in [2.45, 2.75) is 57.2 Å².